The lowest BCUT2D eigenvalue weighted by Crippen LogP contribution is -2.12. The van der Waals surface area contributed by atoms with Crippen LogP contribution < -0.4 is 10.6 Å². The van der Waals surface area contributed by atoms with Crippen molar-refractivity contribution in [3.05, 3.63) is 41.7 Å². The summed E-state index contributed by atoms with van der Waals surface area (Å²) < 4.78 is 8.67. The maximum absolute atomic E-state index is 6.14. The first kappa shape index (κ1) is 16.4. The van der Waals surface area contributed by atoms with Crippen molar-refractivity contribution in [2.24, 2.45) is 0 Å². The molecule has 2 N–H and O–H groups in total. The van der Waals surface area contributed by atoms with Crippen LogP contribution in [0.2, 0.25) is 0 Å². The van der Waals surface area contributed by atoms with Gasteiger partial charge in [-0.15, -0.1) is 10.2 Å². The molecule has 1 aromatic carbocycles. The van der Waals surface area contributed by atoms with Crippen LogP contribution in [-0.4, -0.2) is 37.5 Å². The predicted octanol–water partition coefficient (Wildman–Crippen LogP) is 2.27. The Hall–Kier alpha value is -2.48. The van der Waals surface area contributed by atoms with Crippen molar-refractivity contribution in [2.75, 3.05) is 18.7 Å². The van der Waals surface area contributed by atoms with Gasteiger partial charge >= 0.3 is 0 Å². The number of methoxy groups -OCH3 is 1. The summed E-state index contributed by atoms with van der Waals surface area (Å²) in [6.07, 6.45) is 0. The topological polar surface area (TPSA) is 83.8 Å². The lowest BCUT2D eigenvalue weighted by Gasteiger charge is -2.06. The van der Waals surface area contributed by atoms with Gasteiger partial charge in [0, 0.05) is 17.0 Å². The van der Waals surface area contributed by atoms with E-state index in [1.165, 1.54) is 4.68 Å². The minimum atomic E-state index is 0.631. The van der Waals surface area contributed by atoms with E-state index in [0.29, 0.717) is 11.0 Å². The number of nitrogens with two attached hydrogens (primary N) is 1. The number of nitrogens with zero attached hydrogens (tertiary/aromatic N) is 5. The molecule has 3 rings (SSSR count). The normalized spacial score (nSPS) is 11.0. The fourth-order valence-electron chi connectivity index (χ4n) is 2.44. The van der Waals surface area contributed by atoms with Gasteiger partial charge in [-0.25, -0.2) is 4.68 Å². The standard InChI is InChI=1S/C16H20N6OS/c1-11-10-12(2)21(20-11)8-9-24-16-19-18-15(22(16)17)13-4-6-14(23-3)7-5-13/h4-7,10H,8-9,17H2,1-3H3. The Morgan fingerprint density at radius 1 is 1.17 bits per heavy atom. The van der Waals surface area contributed by atoms with E-state index in [-0.39, 0.29) is 0 Å². The summed E-state index contributed by atoms with van der Waals surface area (Å²) in [4.78, 5) is 0. The highest BCUT2D eigenvalue weighted by Crippen LogP contribution is 2.23. The van der Waals surface area contributed by atoms with Crippen LogP contribution in [0.25, 0.3) is 11.4 Å². The first-order valence-electron chi connectivity index (χ1n) is 7.57. The molecule has 0 unspecified atom stereocenters. The number of hydrogen-bond donors (Lipinski definition) is 1. The molecular weight excluding hydrogens is 324 g/mol. The van der Waals surface area contributed by atoms with Crippen molar-refractivity contribution in [1.82, 2.24) is 24.7 Å². The molecule has 8 heteroatoms. The number of hydrogen-bond acceptors (Lipinski definition) is 6. The van der Waals surface area contributed by atoms with Crippen molar-refractivity contribution in [1.29, 1.82) is 0 Å². The maximum Gasteiger partial charge on any atom is 0.210 e. The number of ether oxygens (including phenoxy) is 1. The van der Waals surface area contributed by atoms with Crippen LogP contribution in [0.3, 0.4) is 0 Å². The van der Waals surface area contributed by atoms with Crippen LogP contribution >= 0.6 is 11.8 Å². The zero-order valence-electron chi connectivity index (χ0n) is 13.9. The Kier molecular flexibility index (Phi) is 4.75. The summed E-state index contributed by atoms with van der Waals surface area (Å²) >= 11 is 1.56. The van der Waals surface area contributed by atoms with Crippen molar-refractivity contribution in [3.63, 3.8) is 0 Å². The molecule has 0 radical (unpaired) electrons. The van der Waals surface area contributed by atoms with Crippen molar-refractivity contribution in [3.8, 4) is 17.1 Å². The van der Waals surface area contributed by atoms with Gasteiger partial charge in [-0.2, -0.15) is 5.10 Å². The molecule has 24 heavy (non-hydrogen) atoms. The molecule has 2 heterocycles. The van der Waals surface area contributed by atoms with Crippen LogP contribution in [0, 0.1) is 13.8 Å². The second-order valence-electron chi connectivity index (χ2n) is 5.40. The number of benzene rings is 1. The first-order chi connectivity index (χ1) is 11.6. The SMILES string of the molecule is COc1ccc(-c2nnc(SCCn3nc(C)cc3C)n2N)cc1. The maximum atomic E-state index is 6.14. The van der Waals surface area contributed by atoms with Gasteiger partial charge in [0.1, 0.15) is 5.75 Å². The van der Waals surface area contributed by atoms with Crippen LogP contribution in [0.15, 0.2) is 35.5 Å². The number of nitrogen functional groups attached to an aromatic ring is 1. The number of aromatic nitrogens is 5. The summed E-state index contributed by atoms with van der Waals surface area (Å²) in [7, 11) is 1.64. The molecule has 0 aliphatic heterocycles. The molecule has 0 spiro atoms. The van der Waals surface area contributed by atoms with Crippen LogP contribution in [0.5, 0.6) is 5.75 Å². The lowest BCUT2D eigenvalue weighted by atomic mass is 10.2. The lowest BCUT2D eigenvalue weighted by molar-refractivity contribution is 0.415. The Morgan fingerprint density at radius 3 is 2.54 bits per heavy atom. The average molecular weight is 344 g/mol. The van der Waals surface area contributed by atoms with Crippen molar-refractivity contribution >= 4 is 11.8 Å². The molecule has 7 nitrogen and oxygen atoms in total. The Labute approximate surface area is 144 Å². The van der Waals surface area contributed by atoms with Gasteiger partial charge in [0.15, 0.2) is 5.82 Å². The number of aryl methyl sites for hydroxylation is 3. The van der Waals surface area contributed by atoms with E-state index in [0.717, 1.165) is 35.0 Å². The average Bonchev–Trinajstić information content (AvgIpc) is 3.10. The highest BCUT2D eigenvalue weighted by molar-refractivity contribution is 7.99. The minimum Gasteiger partial charge on any atom is -0.497 e. The van der Waals surface area contributed by atoms with E-state index in [2.05, 4.69) is 28.3 Å². The third kappa shape index (κ3) is 3.38. The molecule has 0 bridgehead atoms. The second kappa shape index (κ2) is 6.96. The Morgan fingerprint density at radius 2 is 1.92 bits per heavy atom. The van der Waals surface area contributed by atoms with Gasteiger partial charge in [0.05, 0.1) is 19.3 Å². The first-order valence-corrected chi connectivity index (χ1v) is 8.56. The third-order valence-corrected chi connectivity index (χ3v) is 4.57. The molecule has 0 saturated carbocycles. The summed E-state index contributed by atoms with van der Waals surface area (Å²) in [5.41, 5.74) is 3.08. The number of rotatable bonds is 6. The minimum absolute atomic E-state index is 0.631. The van der Waals surface area contributed by atoms with Crippen LogP contribution in [-0.2, 0) is 6.54 Å². The van der Waals surface area contributed by atoms with Gasteiger partial charge in [0.2, 0.25) is 5.16 Å². The van der Waals surface area contributed by atoms with E-state index in [9.17, 15) is 0 Å². The molecule has 126 valence electrons. The Bertz CT molecular complexity index is 824. The van der Waals surface area contributed by atoms with Crippen LogP contribution in [0.4, 0.5) is 0 Å². The van der Waals surface area contributed by atoms with Gasteiger partial charge in [-0.1, -0.05) is 11.8 Å². The van der Waals surface area contributed by atoms with E-state index in [1.807, 2.05) is 35.9 Å². The van der Waals surface area contributed by atoms with Gasteiger partial charge in [0.25, 0.3) is 0 Å². The molecule has 3 aromatic rings. The van der Waals surface area contributed by atoms with Crippen molar-refractivity contribution in [2.45, 2.75) is 25.5 Å². The van der Waals surface area contributed by atoms with E-state index < -0.39 is 0 Å². The third-order valence-electron chi connectivity index (χ3n) is 3.65. The van der Waals surface area contributed by atoms with Crippen LogP contribution in [0.1, 0.15) is 11.4 Å². The number of thioether (sulfide) groups is 1. The molecule has 0 aliphatic carbocycles. The molecule has 0 atom stereocenters. The van der Waals surface area contributed by atoms with E-state index >= 15 is 0 Å². The molecule has 0 amide bonds. The van der Waals surface area contributed by atoms with Crippen molar-refractivity contribution < 1.29 is 4.74 Å². The summed E-state index contributed by atoms with van der Waals surface area (Å²) in [5, 5.41) is 13.5. The zero-order chi connectivity index (χ0) is 17.1. The van der Waals surface area contributed by atoms with Gasteiger partial charge < -0.3 is 10.6 Å². The summed E-state index contributed by atoms with van der Waals surface area (Å²) in [5.74, 6) is 8.38. The summed E-state index contributed by atoms with van der Waals surface area (Å²) in [6.45, 7) is 4.85. The highest BCUT2D eigenvalue weighted by atomic mass is 32.2. The predicted molar refractivity (Wildman–Crippen MR) is 94.6 cm³/mol. The second-order valence-corrected chi connectivity index (χ2v) is 6.47. The smallest absolute Gasteiger partial charge is 0.210 e. The fraction of sp³-hybridized carbons (Fsp3) is 0.312. The monoisotopic (exact) mass is 344 g/mol. The van der Waals surface area contributed by atoms with Gasteiger partial charge in [-0.05, 0) is 44.2 Å². The summed E-state index contributed by atoms with van der Waals surface area (Å²) in [6, 6.07) is 9.64. The Balaban J connectivity index is 1.67. The molecular formula is C16H20N6OS. The fourth-order valence-corrected chi connectivity index (χ4v) is 3.21. The van der Waals surface area contributed by atoms with Gasteiger partial charge in [-0.3, -0.25) is 4.68 Å². The quantitative estimate of drug-likeness (QED) is 0.545. The molecule has 0 aliphatic rings. The zero-order valence-corrected chi connectivity index (χ0v) is 14.7. The molecule has 0 saturated heterocycles. The largest absolute Gasteiger partial charge is 0.497 e. The molecule has 2 aromatic heterocycles. The highest BCUT2D eigenvalue weighted by Gasteiger charge is 2.12. The molecule has 0 fully saturated rings. The van der Waals surface area contributed by atoms with E-state index in [1.54, 1.807) is 18.9 Å². The van der Waals surface area contributed by atoms with E-state index in [4.69, 9.17) is 10.6 Å².